The first-order valence-electron chi connectivity index (χ1n) is 7.44. The Labute approximate surface area is 138 Å². The van der Waals surface area contributed by atoms with Crippen LogP contribution >= 0.6 is 0 Å². The highest BCUT2D eigenvalue weighted by Gasteiger charge is 2.15. The largest absolute Gasteiger partial charge is 0.385 e. The molecule has 0 fully saturated rings. The number of aliphatic imine (C=N–C) groups is 1. The number of ether oxygens (including phenoxy) is 1. The topological polar surface area (TPSA) is 74.8 Å². The van der Waals surface area contributed by atoms with Crippen LogP contribution in [-0.4, -0.2) is 45.2 Å². The van der Waals surface area contributed by atoms with E-state index in [9.17, 15) is 18.0 Å². The molecule has 9 heteroatoms. The third-order valence-corrected chi connectivity index (χ3v) is 2.85. The molecule has 1 amide bonds. The third kappa shape index (κ3) is 6.45. The zero-order valence-corrected chi connectivity index (χ0v) is 13.6. The molecule has 3 N–H and O–H groups in total. The lowest BCUT2D eigenvalue weighted by Crippen LogP contribution is -2.38. The molecule has 0 radical (unpaired) electrons. The maximum Gasteiger partial charge on any atom is 0.246 e. The minimum atomic E-state index is -1.63. The highest BCUT2D eigenvalue weighted by molar-refractivity contribution is 5.94. The van der Waals surface area contributed by atoms with Crippen molar-refractivity contribution in [2.24, 2.45) is 4.99 Å². The van der Waals surface area contributed by atoms with E-state index in [1.165, 1.54) is 0 Å². The van der Waals surface area contributed by atoms with Crippen molar-refractivity contribution in [2.45, 2.75) is 13.3 Å². The fourth-order valence-electron chi connectivity index (χ4n) is 1.73. The molecule has 0 saturated carbocycles. The smallest absolute Gasteiger partial charge is 0.246 e. The van der Waals surface area contributed by atoms with Crippen molar-refractivity contribution in [2.75, 3.05) is 38.7 Å². The predicted molar refractivity (Wildman–Crippen MR) is 85.4 cm³/mol. The van der Waals surface area contributed by atoms with Crippen molar-refractivity contribution in [1.29, 1.82) is 0 Å². The second-order valence-corrected chi connectivity index (χ2v) is 4.74. The van der Waals surface area contributed by atoms with Gasteiger partial charge < -0.3 is 20.7 Å². The van der Waals surface area contributed by atoms with Gasteiger partial charge >= 0.3 is 0 Å². The molecule has 0 aliphatic carbocycles. The van der Waals surface area contributed by atoms with Crippen LogP contribution in [0.15, 0.2) is 17.1 Å². The van der Waals surface area contributed by atoms with Gasteiger partial charge in [-0.3, -0.25) is 4.79 Å². The Morgan fingerprint density at radius 1 is 1.21 bits per heavy atom. The summed E-state index contributed by atoms with van der Waals surface area (Å²) in [5.74, 6) is -4.65. The Hall–Kier alpha value is -2.29. The highest BCUT2D eigenvalue weighted by Crippen LogP contribution is 2.19. The Morgan fingerprint density at radius 3 is 2.62 bits per heavy atom. The number of benzene rings is 1. The van der Waals surface area contributed by atoms with E-state index in [-0.39, 0.29) is 6.54 Å². The van der Waals surface area contributed by atoms with Crippen molar-refractivity contribution in [1.82, 2.24) is 10.6 Å². The molecule has 0 aromatic heterocycles. The quantitative estimate of drug-likeness (QED) is 0.290. The number of rotatable bonds is 8. The zero-order chi connectivity index (χ0) is 17.9. The summed E-state index contributed by atoms with van der Waals surface area (Å²) in [4.78, 5) is 15.8. The van der Waals surface area contributed by atoms with Gasteiger partial charge in [-0.25, -0.2) is 18.2 Å². The zero-order valence-electron chi connectivity index (χ0n) is 13.6. The van der Waals surface area contributed by atoms with Crippen molar-refractivity contribution in [3.8, 4) is 0 Å². The van der Waals surface area contributed by atoms with Crippen LogP contribution in [0.3, 0.4) is 0 Å². The minimum absolute atomic E-state index is 0.307. The number of guanidine groups is 1. The van der Waals surface area contributed by atoms with Gasteiger partial charge in [0.05, 0.1) is 5.69 Å². The van der Waals surface area contributed by atoms with E-state index in [1.54, 1.807) is 7.11 Å². The van der Waals surface area contributed by atoms with E-state index in [4.69, 9.17) is 4.74 Å². The maximum absolute atomic E-state index is 13.5. The van der Waals surface area contributed by atoms with Crippen LogP contribution in [0, 0.1) is 17.5 Å². The van der Waals surface area contributed by atoms with E-state index in [0.717, 1.165) is 18.6 Å². The monoisotopic (exact) mass is 346 g/mol. The highest BCUT2D eigenvalue weighted by atomic mass is 19.2. The molecule has 0 heterocycles. The first kappa shape index (κ1) is 19.8. The van der Waals surface area contributed by atoms with Gasteiger partial charge in [0.2, 0.25) is 5.91 Å². The summed E-state index contributed by atoms with van der Waals surface area (Å²) in [6.45, 7) is 3.33. The maximum atomic E-state index is 13.5. The molecule has 24 heavy (non-hydrogen) atoms. The van der Waals surface area contributed by atoms with Gasteiger partial charge in [0.15, 0.2) is 23.4 Å². The second-order valence-electron chi connectivity index (χ2n) is 4.74. The van der Waals surface area contributed by atoms with Crippen LogP contribution < -0.4 is 16.0 Å². The SMILES string of the molecule is CCNC(=NCC(=O)Nc1ccc(F)c(F)c1F)NCCCOC. The molecule has 134 valence electrons. The Balaban J connectivity index is 2.59. The van der Waals surface area contributed by atoms with Crippen molar-refractivity contribution >= 4 is 17.6 Å². The number of halogens is 3. The Morgan fingerprint density at radius 2 is 1.96 bits per heavy atom. The van der Waals surface area contributed by atoms with Crippen molar-refractivity contribution in [3.05, 3.63) is 29.6 Å². The van der Waals surface area contributed by atoms with Crippen LogP contribution in [-0.2, 0) is 9.53 Å². The first-order valence-corrected chi connectivity index (χ1v) is 7.44. The van der Waals surface area contributed by atoms with Crippen LogP contribution in [0.2, 0.25) is 0 Å². The molecule has 0 saturated heterocycles. The summed E-state index contributed by atoms with van der Waals surface area (Å²) in [6, 6.07) is 1.68. The molecule has 1 aromatic rings. The van der Waals surface area contributed by atoms with Crippen LogP contribution in [0.25, 0.3) is 0 Å². The number of anilines is 1. The number of hydrogen-bond donors (Lipinski definition) is 3. The minimum Gasteiger partial charge on any atom is -0.385 e. The van der Waals surface area contributed by atoms with Gasteiger partial charge in [0.1, 0.15) is 6.54 Å². The molecule has 0 unspecified atom stereocenters. The van der Waals surface area contributed by atoms with E-state index in [2.05, 4.69) is 20.9 Å². The van der Waals surface area contributed by atoms with Crippen LogP contribution in [0.1, 0.15) is 13.3 Å². The van der Waals surface area contributed by atoms with Gasteiger partial charge in [-0.15, -0.1) is 0 Å². The lowest BCUT2D eigenvalue weighted by Gasteiger charge is -2.11. The molecular formula is C15H21F3N4O2. The number of nitrogens with one attached hydrogen (secondary N) is 3. The average Bonchev–Trinajstić information content (AvgIpc) is 2.57. The first-order chi connectivity index (χ1) is 11.5. The number of nitrogens with zero attached hydrogens (tertiary/aromatic N) is 1. The molecule has 1 rings (SSSR count). The molecule has 6 nitrogen and oxygen atoms in total. The summed E-state index contributed by atoms with van der Waals surface area (Å²) in [5, 5.41) is 8.09. The van der Waals surface area contributed by atoms with Crippen LogP contribution in [0.5, 0.6) is 0 Å². The van der Waals surface area contributed by atoms with Crippen molar-refractivity contribution in [3.63, 3.8) is 0 Å². The fourth-order valence-corrected chi connectivity index (χ4v) is 1.73. The molecule has 0 atom stereocenters. The summed E-state index contributed by atoms with van der Waals surface area (Å²) < 4.78 is 44.3. The molecule has 0 spiro atoms. The van der Waals surface area contributed by atoms with E-state index < -0.39 is 29.0 Å². The second kappa shape index (κ2) is 10.5. The lowest BCUT2D eigenvalue weighted by atomic mass is 10.3. The Bertz CT molecular complexity index is 582. The van der Waals surface area contributed by atoms with Gasteiger partial charge in [0.25, 0.3) is 0 Å². The normalized spacial score (nSPS) is 11.3. The Kier molecular flexibility index (Phi) is 8.63. The van der Waals surface area contributed by atoms with Gasteiger partial charge in [-0.1, -0.05) is 0 Å². The third-order valence-electron chi connectivity index (χ3n) is 2.85. The van der Waals surface area contributed by atoms with Crippen molar-refractivity contribution < 1.29 is 22.7 Å². The fraction of sp³-hybridized carbons (Fsp3) is 0.467. The molecular weight excluding hydrogens is 325 g/mol. The van der Waals surface area contributed by atoms with Gasteiger partial charge in [-0.05, 0) is 25.5 Å². The standard InChI is InChI=1S/C15H21F3N4O2/c1-3-19-15(20-7-4-8-24-2)21-9-12(23)22-11-6-5-10(16)13(17)14(11)18/h5-6H,3-4,7-9H2,1-2H3,(H,22,23)(H2,19,20,21). The molecule has 0 aliphatic heterocycles. The summed E-state index contributed by atoms with van der Waals surface area (Å²) in [6.07, 6.45) is 0.757. The van der Waals surface area contributed by atoms with E-state index >= 15 is 0 Å². The van der Waals surface area contributed by atoms with E-state index in [1.807, 2.05) is 6.92 Å². The summed E-state index contributed by atoms with van der Waals surface area (Å²) in [5.41, 5.74) is -0.438. The number of carbonyl (C=O) groups is 1. The summed E-state index contributed by atoms with van der Waals surface area (Å²) in [7, 11) is 1.60. The van der Waals surface area contributed by atoms with Gasteiger partial charge in [0, 0.05) is 26.8 Å². The molecule has 1 aromatic carbocycles. The van der Waals surface area contributed by atoms with E-state index in [0.29, 0.717) is 25.7 Å². The van der Waals surface area contributed by atoms with Crippen LogP contribution in [0.4, 0.5) is 18.9 Å². The average molecular weight is 346 g/mol. The number of amides is 1. The number of methoxy groups -OCH3 is 1. The predicted octanol–water partition coefficient (Wildman–Crippen LogP) is 1.63. The van der Waals surface area contributed by atoms with Gasteiger partial charge in [-0.2, -0.15) is 0 Å². The number of hydrogen-bond acceptors (Lipinski definition) is 3. The summed E-state index contributed by atoms with van der Waals surface area (Å²) >= 11 is 0. The lowest BCUT2D eigenvalue weighted by molar-refractivity contribution is -0.114. The molecule has 0 aliphatic rings. The number of carbonyl (C=O) groups excluding carboxylic acids is 1. The molecule has 0 bridgehead atoms.